The topological polar surface area (TPSA) is 55.1 Å². The first-order valence-corrected chi connectivity index (χ1v) is 7.32. The number of thioether (sulfide) groups is 1. The fourth-order valence-corrected chi connectivity index (χ4v) is 2.50. The molecule has 0 saturated carbocycles. The summed E-state index contributed by atoms with van der Waals surface area (Å²) in [4.78, 5) is 12.4. The van der Waals surface area contributed by atoms with Crippen LogP contribution in [0.3, 0.4) is 0 Å². The van der Waals surface area contributed by atoms with E-state index in [-0.39, 0.29) is 11.9 Å². The molecule has 0 aliphatic rings. The van der Waals surface area contributed by atoms with Crippen LogP contribution in [0.25, 0.3) is 0 Å². The molecular formula is C12H17BrN2OS. The molecule has 1 unspecified atom stereocenters. The Hall–Kier alpha value is -0.520. The molecule has 1 amide bonds. The van der Waals surface area contributed by atoms with Gasteiger partial charge in [0.25, 0.3) is 0 Å². The van der Waals surface area contributed by atoms with Crippen molar-refractivity contribution in [3.63, 3.8) is 0 Å². The van der Waals surface area contributed by atoms with Crippen LogP contribution in [-0.2, 0) is 4.79 Å². The molecule has 0 heterocycles. The third kappa shape index (κ3) is 5.57. The molecule has 0 radical (unpaired) electrons. The second-order valence-corrected chi connectivity index (χ2v) is 5.68. The molecule has 0 aromatic heterocycles. The lowest BCUT2D eigenvalue weighted by molar-refractivity contribution is -0.119. The molecule has 1 rings (SSSR count). The van der Waals surface area contributed by atoms with Gasteiger partial charge in [0.05, 0.1) is 6.04 Å². The van der Waals surface area contributed by atoms with Crippen molar-refractivity contribution >= 4 is 33.6 Å². The summed E-state index contributed by atoms with van der Waals surface area (Å²) in [6.45, 7) is 2.88. The van der Waals surface area contributed by atoms with Gasteiger partial charge in [0.2, 0.25) is 5.91 Å². The van der Waals surface area contributed by atoms with Crippen LogP contribution in [0.15, 0.2) is 33.6 Å². The lowest BCUT2D eigenvalue weighted by atomic mass is 10.3. The van der Waals surface area contributed by atoms with E-state index in [1.807, 2.05) is 24.3 Å². The van der Waals surface area contributed by atoms with Crippen LogP contribution in [0.1, 0.15) is 13.3 Å². The van der Waals surface area contributed by atoms with E-state index in [0.717, 1.165) is 22.3 Å². The molecule has 0 aliphatic carbocycles. The Labute approximate surface area is 115 Å². The number of hydrogen-bond acceptors (Lipinski definition) is 3. The summed E-state index contributed by atoms with van der Waals surface area (Å²) < 4.78 is 1.05. The quantitative estimate of drug-likeness (QED) is 0.759. The van der Waals surface area contributed by atoms with E-state index < -0.39 is 0 Å². The van der Waals surface area contributed by atoms with Crippen molar-refractivity contribution in [2.45, 2.75) is 24.3 Å². The van der Waals surface area contributed by atoms with Gasteiger partial charge in [0, 0.05) is 15.1 Å². The maximum atomic E-state index is 11.2. The summed E-state index contributed by atoms with van der Waals surface area (Å²) in [5.41, 5.74) is 5.34. The third-order valence-corrected chi connectivity index (χ3v) is 3.85. The van der Waals surface area contributed by atoms with Crippen molar-refractivity contribution in [3.8, 4) is 0 Å². The Balaban J connectivity index is 2.45. The number of carbonyl (C=O) groups is 1. The molecule has 0 bridgehead atoms. The summed E-state index contributed by atoms with van der Waals surface area (Å²) in [6, 6.07) is 7.75. The van der Waals surface area contributed by atoms with E-state index in [2.05, 4.69) is 28.2 Å². The van der Waals surface area contributed by atoms with Crippen LogP contribution < -0.4 is 11.1 Å². The van der Waals surface area contributed by atoms with Crippen molar-refractivity contribution in [2.24, 2.45) is 5.73 Å². The predicted octanol–water partition coefficient (Wildman–Crippen LogP) is 2.39. The summed E-state index contributed by atoms with van der Waals surface area (Å²) in [6.07, 6.45) is 0.993. The Morgan fingerprint density at radius 1 is 1.47 bits per heavy atom. The number of nitrogens with two attached hydrogens (primary N) is 1. The van der Waals surface area contributed by atoms with Crippen molar-refractivity contribution < 1.29 is 4.79 Å². The molecule has 1 atom stereocenters. The van der Waals surface area contributed by atoms with Crippen molar-refractivity contribution in [3.05, 3.63) is 28.7 Å². The minimum absolute atomic E-state index is 0.261. The van der Waals surface area contributed by atoms with E-state index >= 15 is 0 Å². The number of amides is 1. The molecule has 5 heteroatoms. The monoisotopic (exact) mass is 316 g/mol. The van der Waals surface area contributed by atoms with Crippen LogP contribution in [0.5, 0.6) is 0 Å². The van der Waals surface area contributed by atoms with Gasteiger partial charge in [-0.2, -0.15) is 0 Å². The number of nitrogens with one attached hydrogen (secondary N) is 1. The highest BCUT2D eigenvalue weighted by molar-refractivity contribution is 9.10. The number of benzene rings is 1. The number of hydrogen-bond donors (Lipinski definition) is 2. The second kappa shape index (κ2) is 7.74. The Kier molecular flexibility index (Phi) is 6.62. The summed E-state index contributed by atoms with van der Waals surface area (Å²) in [7, 11) is 0. The number of rotatable bonds is 7. The first-order chi connectivity index (χ1) is 8.13. The van der Waals surface area contributed by atoms with Gasteiger partial charge in [-0.3, -0.25) is 4.79 Å². The first kappa shape index (κ1) is 14.5. The zero-order valence-corrected chi connectivity index (χ0v) is 12.2. The zero-order valence-electron chi connectivity index (χ0n) is 9.78. The molecule has 3 N–H and O–H groups in total. The van der Waals surface area contributed by atoms with Crippen LogP contribution in [0.4, 0.5) is 0 Å². The minimum Gasteiger partial charge on any atom is -0.368 e. The molecule has 1 aromatic carbocycles. The summed E-state index contributed by atoms with van der Waals surface area (Å²) >= 11 is 5.02. The van der Waals surface area contributed by atoms with Gasteiger partial charge < -0.3 is 11.1 Å². The Morgan fingerprint density at radius 2 is 2.12 bits per heavy atom. The highest BCUT2D eigenvalue weighted by Crippen LogP contribution is 2.21. The fourth-order valence-electron chi connectivity index (χ4n) is 1.27. The molecular weight excluding hydrogens is 300 g/mol. The van der Waals surface area contributed by atoms with Gasteiger partial charge in [-0.15, -0.1) is 11.8 Å². The Morgan fingerprint density at radius 3 is 2.65 bits per heavy atom. The number of halogens is 1. The standard InChI is InChI=1S/C12H17BrN2OS/c1-2-7-15-11(12(14)16)8-17-10-5-3-9(13)4-6-10/h3-6,11,15H,2,7-8H2,1H3,(H2,14,16). The summed E-state index contributed by atoms with van der Waals surface area (Å²) in [5.74, 6) is 0.375. The Bertz CT molecular complexity index is 356. The second-order valence-electron chi connectivity index (χ2n) is 3.67. The van der Waals surface area contributed by atoms with Gasteiger partial charge in [-0.05, 0) is 37.2 Å². The van der Waals surface area contributed by atoms with Gasteiger partial charge in [0.15, 0.2) is 0 Å². The molecule has 0 aliphatic heterocycles. The lowest BCUT2D eigenvalue weighted by Gasteiger charge is -2.14. The smallest absolute Gasteiger partial charge is 0.235 e. The molecule has 94 valence electrons. The van der Waals surface area contributed by atoms with Gasteiger partial charge in [-0.1, -0.05) is 22.9 Å². The first-order valence-electron chi connectivity index (χ1n) is 5.54. The average Bonchev–Trinajstić information content (AvgIpc) is 2.31. The molecule has 0 saturated heterocycles. The number of primary amides is 1. The summed E-state index contributed by atoms with van der Waals surface area (Å²) in [5, 5.41) is 3.15. The van der Waals surface area contributed by atoms with Crippen LogP contribution >= 0.6 is 27.7 Å². The SMILES string of the molecule is CCCNC(CSc1ccc(Br)cc1)C(N)=O. The van der Waals surface area contributed by atoms with E-state index in [1.54, 1.807) is 11.8 Å². The van der Waals surface area contributed by atoms with E-state index in [1.165, 1.54) is 0 Å². The zero-order chi connectivity index (χ0) is 12.7. The molecule has 17 heavy (non-hydrogen) atoms. The van der Waals surface area contributed by atoms with Gasteiger partial charge in [-0.25, -0.2) is 0 Å². The van der Waals surface area contributed by atoms with E-state index in [4.69, 9.17) is 5.73 Å². The van der Waals surface area contributed by atoms with E-state index in [9.17, 15) is 4.79 Å². The fraction of sp³-hybridized carbons (Fsp3) is 0.417. The van der Waals surface area contributed by atoms with Gasteiger partial charge >= 0.3 is 0 Å². The molecule has 3 nitrogen and oxygen atoms in total. The van der Waals surface area contributed by atoms with Crippen LogP contribution in [0, 0.1) is 0 Å². The normalized spacial score (nSPS) is 12.4. The number of carbonyl (C=O) groups excluding carboxylic acids is 1. The highest BCUT2D eigenvalue weighted by atomic mass is 79.9. The lowest BCUT2D eigenvalue weighted by Crippen LogP contribution is -2.43. The van der Waals surface area contributed by atoms with Gasteiger partial charge in [0.1, 0.15) is 0 Å². The molecule has 0 fully saturated rings. The highest BCUT2D eigenvalue weighted by Gasteiger charge is 2.14. The average molecular weight is 317 g/mol. The van der Waals surface area contributed by atoms with Crippen molar-refractivity contribution in [1.82, 2.24) is 5.32 Å². The molecule has 1 aromatic rings. The third-order valence-electron chi connectivity index (χ3n) is 2.21. The van der Waals surface area contributed by atoms with Crippen LogP contribution in [0.2, 0.25) is 0 Å². The minimum atomic E-state index is -0.289. The molecule has 0 spiro atoms. The maximum absolute atomic E-state index is 11.2. The van der Waals surface area contributed by atoms with Crippen molar-refractivity contribution in [1.29, 1.82) is 0 Å². The van der Waals surface area contributed by atoms with Crippen LogP contribution in [-0.4, -0.2) is 24.2 Å². The largest absolute Gasteiger partial charge is 0.368 e. The van der Waals surface area contributed by atoms with Crippen molar-refractivity contribution in [2.75, 3.05) is 12.3 Å². The maximum Gasteiger partial charge on any atom is 0.235 e. The predicted molar refractivity (Wildman–Crippen MR) is 76.1 cm³/mol. The van der Waals surface area contributed by atoms with E-state index in [0.29, 0.717) is 5.75 Å².